The fourth-order valence-electron chi connectivity index (χ4n) is 1.86. The van der Waals surface area contributed by atoms with Crippen LogP contribution in [0.4, 0.5) is 10.1 Å². The number of carboxylic acid groups (broad SMARTS) is 1. The van der Waals surface area contributed by atoms with Gasteiger partial charge in [0.05, 0.1) is 12.8 Å². The third kappa shape index (κ3) is 3.38. The van der Waals surface area contributed by atoms with Gasteiger partial charge in [0.1, 0.15) is 23.8 Å². The van der Waals surface area contributed by atoms with E-state index in [0.29, 0.717) is 5.69 Å². The molecule has 2 aromatic rings. The van der Waals surface area contributed by atoms with Crippen molar-refractivity contribution in [1.29, 1.82) is 0 Å². The number of amides is 1. The van der Waals surface area contributed by atoms with Crippen LogP contribution in [0.2, 0.25) is 0 Å². The van der Waals surface area contributed by atoms with Crippen LogP contribution in [0.5, 0.6) is 5.75 Å². The normalized spacial score (nSPS) is 10.2. The van der Waals surface area contributed by atoms with Gasteiger partial charge in [-0.3, -0.25) is 9.59 Å². The summed E-state index contributed by atoms with van der Waals surface area (Å²) in [6.07, 6.45) is 1.49. The Hall–Kier alpha value is -2.83. The minimum atomic E-state index is -1.06. The molecule has 0 fully saturated rings. The van der Waals surface area contributed by atoms with E-state index in [0.717, 1.165) is 6.07 Å². The molecule has 2 rings (SSSR count). The van der Waals surface area contributed by atoms with Crippen LogP contribution in [0.3, 0.4) is 0 Å². The molecule has 0 aliphatic heterocycles. The van der Waals surface area contributed by atoms with Crippen molar-refractivity contribution in [3.05, 3.63) is 48.0 Å². The SMILES string of the molecule is COc1cc(F)ccc1NC(=O)c1cccn1CC(=O)O. The number of hydrogen-bond acceptors (Lipinski definition) is 3. The molecular formula is C14H13FN2O4. The Morgan fingerprint density at radius 1 is 1.38 bits per heavy atom. The first-order chi connectivity index (χ1) is 10.0. The third-order valence-electron chi connectivity index (χ3n) is 2.78. The number of nitrogens with zero attached hydrogens (tertiary/aromatic N) is 1. The molecule has 7 heteroatoms. The molecule has 0 atom stereocenters. The fourth-order valence-corrected chi connectivity index (χ4v) is 1.86. The first-order valence-electron chi connectivity index (χ1n) is 6.03. The topological polar surface area (TPSA) is 80.6 Å². The summed E-state index contributed by atoms with van der Waals surface area (Å²) in [5.74, 6) is -1.87. The summed E-state index contributed by atoms with van der Waals surface area (Å²) < 4.78 is 19.4. The number of methoxy groups -OCH3 is 1. The zero-order valence-corrected chi connectivity index (χ0v) is 11.2. The van der Waals surface area contributed by atoms with Gasteiger partial charge < -0.3 is 19.7 Å². The lowest BCUT2D eigenvalue weighted by atomic mass is 10.2. The van der Waals surface area contributed by atoms with Gasteiger partial charge in [-0.05, 0) is 24.3 Å². The highest BCUT2D eigenvalue weighted by molar-refractivity contribution is 6.04. The van der Waals surface area contributed by atoms with Crippen LogP contribution in [0.25, 0.3) is 0 Å². The fraction of sp³-hybridized carbons (Fsp3) is 0.143. The average molecular weight is 292 g/mol. The summed E-state index contributed by atoms with van der Waals surface area (Å²) in [5.41, 5.74) is 0.482. The molecule has 110 valence electrons. The average Bonchev–Trinajstić information content (AvgIpc) is 2.88. The van der Waals surface area contributed by atoms with Gasteiger partial charge in [0, 0.05) is 12.3 Å². The van der Waals surface area contributed by atoms with Gasteiger partial charge in [-0.1, -0.05) is 0 Å². The second kappa shape index (κ2) is 6.08. The Kier molecular flexibility index (Phi) is 4.22. The standard InChI is InChI=1S/C14H13FN2O4/c1-21-12-7-9(15)4-5-10(12)16-14(20)11-3-2-6-17(11)8-13(18)19/h2-7H,8H2,1H3,(H,16,20)(H,18,19). The van der Waals surface area contributed by atoms with E-state index < -0.39 is 17.7 Å². The number of carbonyl (C=O) groups excluding carboxylic acids is 1. The minimum Gasteiger partial charge on any atom is -0.494 e. The lowest BCUT2D eigenvalue weighted by Gasteiger charge is -2.11. The van der Waals surface area contributed by atoms with Crippen LogP contribution in [-0.4, -0.2) is 28.7 Å². The number of carbonyl (C=O) groups is 2. The molecule has 21 heavy (non-hydrogen) atoms. The van der Waals surface area contributed by atoms with E-state index in [1.165, 1.54) is 36.1 Å². The summed E-state index contributed by atoms with van der Waals surface area (Å²) in [6.45, 7) is -0.323. The Labute approximate surface area is 119 Å². The quantitative estimate of drug-likeness (QED) is 0.883. The summed E-state index contributed by atoms with van der Waals surface area (Å²) in [5, 5.41) is 11.3. The van der Waals surface area contributed by atoms with Crippen molar-refractivity contribution in [3.8, 4) is 5.75 Å². The van der Waals surface area contributed by atoms with Crippen molar-refractivity contribution in [2.24, 2.45) is 0 Å². The van der Waals surface area contributed by atoms with Crippen LogP contribution < -0.4 is 10.1 Å². The maximum Gasteiger partial charge on any atom is 0.323 e. The largest absolute Gasteiger partial charge is 0.494 e. The Bertz CT molecular complexity index is 681. The molecule has 2 N–H and O–H groups in total. The maximum absolute atomic E-state index is 13.1. The number of rotatable bonds is 5. The number of benzene rings is 1. The van der Waals surface area contributed by atoms with Gasteiger partial charge in [-0.25, -0.2) is 4.39 Å². The van der Waals surface area contributed by atoms with E-state index in [9.17, 15) is 14.0 Å². The predicted octanol–water partition coefficient (Wildman–Crippen LogP) is 1.97. The molecule has 1 aromatic carbocycles. The van der Waals surface area contributed by atoms with Crippen molar-refractivity contribution in [3.63, 3.8) is 0 Å². The van der Waals surface area contributed by atoms with Gasteiger partial charge in [-0.2, -0.15) is 0 Å². The molecular weight excluding hydrogens is 279 g/mol. The number of anilines is 1. The van der Waals surface area contributed by atoms with Gasteiger partial charge >= 0.3 is 5.97 Å². The number of nitrogens with one attached hydrogen (secondary N) is 1. The second-order valence-corrected chi connectivity index (χ2v) is 4.21. The van der Waals surface area contributed by atoms with E-state index in [1.54, 1.807) is 6.07 Å². The highest BCUT2D eigenvalue weighted by Crippen LogP contribution is 2.25. The molecule has 0 aliphatic carbocycles. The lowest BCUT2D eigenvalue weighted by molar-refractivity contribution is -0.137. The molecule has 1 aromatic heterocycles. The van der Waals surface area contributed by atoms with Crippen LogP contribution in [0.15, 0.2) is 36.5 Å². The van der Waals surface area contributed by atoms with Crippen LogP contribution >= 0.6 is 0 Å². The van der Waals surface area contributed by atoms with Gasteiger partial charge in [0.2, 0.25) is 0 Å². The van der Waals surface area contributed by atoms with Gasteiger partial charge in [-0.15, -0.1) is 0 Å². The van der Waals surface area contributed by atoms with Crippen LogP contribution in [0, 0.1) is 5.82 Å². The molecule has 0 unspecified atom stereocenters. The molecule has 1 amide bonds. The number of halogens is 1. The second-order valence-electron chi connectivity index (χ2n) is 4.21. The molecule has 1 heterocycles. The Balaban J connectivity index is 2.22. The first kappa shape index (κ1) is 14.6. The van der Waals surface area contributed by atoms with Crippen LogP contribution in [-0.2, 0) is 11.3 Å². The molecule has 0 bridgehead atoms. The van der Waals surface area contributed by atoms with Crippen molar-refractivity contribution in [1.82, 2.24) is 4.57 Å². The van der Waals surface area contributed by atoms with Crippen molar-refractivity contribution >= 4 is 17.6 Å². The minimum absolute atomic E-state index is 0.180. The summed E-state index contributed by atoms with van der Waals surface area (Å²) in [7, 11) is 1.36. The number of ether oxygens (including phenoxy) is 1. The van der Waals surface area contributed by atoms with E-state index in [-0.39, 0.29) is 18.0 Å². The third-order valence-corrected chi connectivity index (χ3v) is 2.78. The van der Waals surface area contributed by atoms with E-state index in [1.807, 2.05) is 0 Å². The summed E-state index contributed by atoms with van der Waals surface area (Å²) in [6, 6.07) is 6.77. The first-order valence-corrected chi connectivity index (χ1v) is 6.03. The van der Waals surface area contributed by atoms with E-state index >= 15 is 0 Å². The van der Waals surface area contributed by atoms with Crippen molar-refractivity contribution in [2.45, 2.75) is 6.54 Å². The molecule has 0 spiro atoms. The van der Waals surface area contributed by atoms with Crippen LogP contribution in [0.1, 0.15) is 10.5 Å². The van der Waals surface area contributed by atoms with Gasteiger partial charge in [0.25, 0.3) is 5.91 Å². The highest BCUT2D eigenvalue weighted by Gasteiger charge is 2.15. The van der Waals surface area contributed by atoms with Crippen molar-refractivity contribution < 1.29 is 23.8 Å². The number of aromatic nitrogens is 1. The maximum atomic E-state index is 13.1. The zero-order valence-electron chi connectivity index (χ0n) is 11.2. The number of hydrogen-bond donors (Lipinski definition) is 2. The lowest BCUT2D eigenvalue weighted by Crippen LogP contribution is -2.19. The van der Waals surface area contributed by atoms with E-state index in [2.05, 4.69) is 5.32 Å². The number of carboxylic acids is 1. The predicted molar refractivity (Wildman–Crippen MR) is 73.0 cm³/mol. The summed E-state index contributed by atoms with van der Waals surface area (Å²) in [4.78, 5) is 22.9. The zero-order chi connectivity index (χ0) is 15.4. The monoisotopic (exact) mass is 292 g/mol. The number of aliphatic carboxylic acids is 1. The summed E-state index contributed by atoms with van der Waals surface area (Å²) >= 11 is 0. The highest BCUT2D eigenvalue weighted by atomic mass is 19.1. The molecule has 0 saturated carbocycles. The smallest absolute Gasteiger partial charge is 0.323 e. The Morgan fingerprint density at radius 2 is 2.14 bits per heavy atom. The molecule has 0 radical (unpaired) electrons. The molecule has 0 aliphatic rings. The molecule has 6 nitrogen and oxygen atoms in total. The van der Waals surface area contributed by atoms with E-state index in [4.69, 9.17) is 9.84 Å². The van der Waals surface area contributed by atoms with Gasteiger partial charge in [0.15, 0.2) is 0 Å². The Morgan fingerprint density at radius 3 is 2.81 bits per heavy atom. The van der Waals surface area contributed by atoms with Crippen molar-refractivity contribution in [2.75, 3.05) is 12.4 Å². The molecule has 0 saturated heterocycles.